The molecule has 0 bridgehead atoms. The Morgan fingerprint density at radius 2 is 2.22 bits per heavy atom. The first-order chi connectivity index (χ1) is 13.2. The normalized spacial score (nSPS) is 14.4. The number of hydrogen-bond acceptors (Lipinski definition) is 4. The van der Waals surface area contributed by atoms with E-state index >= 15 is 0 Å². The van der Waals surface area contributed by atoms with Gasteiger partial charge >= 0.3 is 0 Å². The van der Waals surface area contributed by atoms with Crippen molar-refractivity contribution in [1.29, 1.82) is 0 Å². The fourth-order valence-electron chi connectivity index (χ4n) is 2.75. The van der Waals surface area contributed by atoms with Gasteiger partial charge in [0.05, 0.1) is 13.2 Å². The maximum atomic E-state index is 5.74. The van der Waals surface area contributed by atoms with Crippen LogP contribution in [0.25, 0.3) is 5.82 Å². The Morgan fingerprint density at radius 1 is 1.37 bits per heavy atom. The Balaban J connectivity index is 1.54. The minimum atomic E-state index is 0.589. The summed E-state index contributed by atoms with van der Waals surface area (Å²) in [6.07, 6.45) is 8.22. The molecule has 0 aromatic carbocycles. The lowest BCUT2D eigenvalue weighted by Gasteiger charge is -2.22. The van der Waals surface area contributed by atoms with Gasteiger partial charge in [-0.2, -0.15) is 0 Å². The Labute approximate surface area is 161 Å². The second kappa shape index (κ2) is 9.50. The summed E-state index contributed by atoms with van der Waals surface area (Å²) in [4.78, 5) is 15.6. The number of imidazole rings is 1. The van der Waals surface area contributed by atoms with Gasteiger partial charge in [0, 0.05) is 45.3 Å². The van der Waals surface area contributed by atoms with Gasteiger partial charge < -0.3 is 15.0 Å². The molecule has 0 spiro atoms. The zero-order valence-electron chi connectivity index (χ0n) is 16.6. The van der Waals surface area contributed by atoms with E-state index in [-0.39, 0.29) is 0 Å². The van der Waals surface area contributed by atoms with Gasteiger partial charge in [0.15, 0.2) is 5.96 Å². The van der Waals surface area contributed by atoms with E-state index in [1.54, 1.807) is 6.20 Å². The van der Waals surface area contributed by atoms with Crippen LogP contribution >= 0.6 is 0 Å². The van der Waals surface area contributed by atoms with Crippen molar-refractivity contribution in [3.05, 3.63) is 42.1 Å². The lowest BCUT2D eigenvalue weighted by molar-refractivity contribution is 0.115. The van der Waals surface area contributed by atoms with Crippen molar-refractivity contribution in [1.82, 2.24) is 24.8 Å². The van der Waals surface area contributed by atoms with Crippen LogP contribution in [0.2, 0.25) is 0 Å². The molecular formula is C20H30N6O. The fourth-order valence-corrected chi connectivity index (χ4v) is 2.75. The van der Waals surface area contributed by atoms with Gasteiger partial charge in [-0.3, -0.25) is 4.57 Å². The lowest BCUT2D eigenvalue weighted by Crippen LogP contribution is -2.40. The molecule has 27 heavy (non-hydrogen) atoms. The molecule has 146 valence electrons. The number of nitrogens with one attached hydrogen (secondary N) is 1. The highest BCUT2D eigenvalue weighted by Gasteiger charge is 2.21. The highest BCUT2D eigenvalue weighted by Crippen LogP contribution is 2.28. The minimum Gasteiger partial charge on any atom is -0.379 e. The van der Waals surface area contributed by atoms with Crippen LogP contribution in [0, 0.1) is 12.8 Å². The molecule has 2 heterocycles. The average Bonchev–Trinajstić information content (AvgIpc) is 3.41. The Morgan fingerprint density at radius 3 is 2.85 bits per heavy atom. The molecule has 0 aliphatic heterocycles. The van der Waals surface area contributed by atoms with Crippen molar-refractivity contribution in [3.8, 4) is 5.82 Å². The summed E-state index contributed by atoms with van der Waals surface area (Å²) in [5, 5.41) is 3.34. The smallest absolute Gasteiger partial charge is 0.194 e. The summed E-state index contributed by atoms with van der Waals surface area (Å²) in [5.41, 5.74) is 1.07. The van der Waals surface area contributed by atoms with Crippen LogP contribution in [-0.2, 0) is 11.3 Å². The molecule has 3 rings (SSSR count). The molecule has 1 N–H and O–H groups in total. The number of likely N-dealkylation sites (N-methyl/N-ethyl adjacent to an activating group) is 1. The molecule has 2 aromatic heterocycles. The second-order valence-electron chi connectivity index (χ2n) is 6.98. The highest BCUT2D eigenvalue weighted by atomic mass is 16.5. The quantitative estimate of drug-likeness (QED) is 0.417. The predicted octanol–water partition coefficient (Wildman–Crippen LogP) is 2.40. The maximum Gasteiger partial charge on any atom is 0.194 e. The van der Waals surface area contributed by atoms with Gasteiger partial charge in [0.1, 0.15) is 11.6 Å². The van der Waals surface area contributed by atoms with Crippen molar-refractivity contribution < 1.29 is 4.74 Å². The van der Waals surface area contributed by atoms with Crippen LogP contribution in [0.3, 0.4) is 0 Å². The fraction of sp³-hybridized carbons (Fsp3) is 0.550. The molecule has 1 aliphatic rings. The molecule has 1 saturated carbocycles. The van der Waals surface area contributed by atoms with Crippen molar-refractivity contribution >= 4 is 5.96 Å². The third kappa shape index (κ3) is 5.79. The molecule has 1 aliphatic carbocycles. The van der Waals surface area contributed by atoms with Gasteiger partial charge in [-0.05, 0) is 44.2 Å². The monoisotopic (exact) mass is 370 g/mol. The topological polar surface area (TPSA) is 67.6 Å². The number of aromatic nitrogens is 3. The first-order valence-corrected chi connectivity index (χ1v) is 9.69. The number of ether oxygens (including phenoxy) is 1. The third-order valence-electron chi connectivity index (χ3n) is 4.61. The minimum absolute atomic E-state index is 0.589. The Kier molecular flexibility index (Phi) is 6.81. The number of rotatable bonds is 9. The summed E-state index contributed by atoms with van der Waals surface area (Å²) in [5.74, 6) is 3.49. The zero-order valence-corrected chi connectivity index (χ0v) is 16.6. The highest BCUT2D eigenvalue weighted by molar-refractivity contribution is 5.79. The van der Waals surface area contributed by atoms with Crippen molar-refractivity contribution in [2.24, 2.45) is 10.9 Å². The first kappa shape index (κ1) is 19.4. The van der Waals surface area contributed by atoms with Gasteiger partial charge in [-0.25, -0.2) is 15.0 Å². The Bertz CT molecular complexity index is 735. The number of hydrogen-bond donors (Lipinski definition) is 1. The number of pyridine rings is 1. The van der Waals surface area contributed by atoms with E-state index in [1.165, 1.54) is 12.8 Å². The molecule has 0 amide bonds. The number of aliphatic imine (C=N–C) groups is 1. The van der Waals surface area contributed by atoms with Gasteiger partial charge in [0.2, 0.25) is 0 Å². The molecule has 2 aromatic rings. The van der Waals surface area contributed by atoms with Crippen LogP contribution in [0.15, 0.2) is 35.7 Å². The van der Waals surface area contributed by atoms with Crippen LogP contribution in [0.4, 0.5) is 0 Å². The number of guanidine groups is 1. The third-order valence-corrected chi connectivity index (χ3v) is 4.61. The van der Waals surface area contributed by atoms with Crippen LogP contribution in [0.1, 0.15) is 31.2 Å². The summed E-state index contributed by atoms with van der Waals surface area (Å²) >= 11 is 0. The van der Waals surface area contributed by atoms with Crippen molar-refractivity contribution in [2.45, 2.75) is 33.2 Å². The largest absolute Gasteiger partial charge is 0.379 e. The van der Waals surface area contributed by atoms with Gasteiger partial charge in [-0.15, -0.1) is 0 Å². The SMILES string of the molecule is CCNC(=NCc1ccc(-n2ccnc2C)nc1)N(C)CCOCC1CC1. The molecular weight excluding hydrogens is 340 g/mol. The molecule has 0 unspecified atom stereocenters. The molecule has 7 nitrogen and oxygen atoms in total. The molecule has 0 atom stereocenters. The summed E-state index contributed by atoms with van der Waals surface area (Å²) < 4.78 is 7.70. The molecule has 7 heteroatoms. The summed E-state index contributed by atoms with van der Waals surface area (Å²) in [6, 6.07) is 4.06. The maximum absolute atomic E-state index is 5.74. The van der Waals surface area contributed by atoms with E-state index in [0.717, 1.165) is 55.4 Å². The average molecular weight is 371 g/mol. The van der Waals surface area contributed by atoms with Crippen LogP contribution in [-0.4, -0.2) is 58.7 Å². The Hall–Kier alpha value is -2.41. The van der Waals surface area contributed by atoms with E-state index in [1.807, 2.05) is 37.0 Å². The predicted molar refractivity (Wildman–Crippen MR) is 107 cm³/mol. The summed E-state index contributed by atoms with van der Waals surface area (Å²) in [7, 11) is 2.05. The van der Waals surface area contributed by atoms with E-state index in [4.69, 9.17) is 9.73 Å². The van der Waals surface area contributed by atoms with E-state index in [9.17, 15) is 0 Å². The molecule has 0 radical (unpaired) electrons. The lowest BCUT2D eigenvalue weighted by atomic mass is 10.3. The van der Waals surface area contributed by atoms with E-state index < -0.39 is 0 Å². The van der Waals surface area contributed by atoms with Gasteiger partial charge in [-0.1, -0.05) is 6.07 Å². The summed E-state index contributed by atoms with van der Waals surface area (Å²) in [6.45, 7) is 7.93. The second-order valence-corrected chi connectivity index (χ2v) is 6.98. The number of aryl methyl sites for hydroxylation is 1. The zero-order chi connectivity index (χ0) is 19.1. The van der Waals surface area contributed by atoms with E-state index in [0.29, 0.717) is 6.54 Å². The standard InChI is InChI=1S/C20H30N6O/c1-4-21-20(25(3)11-12-27-15-17-5-6-17)24-14-18-7-8-19(23-13-18)26-10-9-22-16(26)2/h7-10,13,17H,4-6,11-12,14-15H2,1-3H3,(H,21,24). The molecule has 0 saturated heterocycles. The molecule has 1 fully saturated rings. The van der Waals surface area contributed by atoms with Crippen molar-refractivity contribution in [2.75, 3.05) is 33.4 Å². The van der Waals surface area contributed by atoms with E-state index in [2.05, 4.69) is 33.2 Å². The number of nitrogens with zero attached hydrogens (tertiary/aromatic N) is 5. The van der Waals surface area contributed by atoms with Crippen LogP contribution in [0.5, 0.6) is 0 Å². The van der Waals surface area contributed by atoms with Crippen molar-refractivity contribution in [3.63, 3.8) is 0 Å². The van der Waals surface area contributed by atoms with Gasteiger partial charge in [0.25, 0.3) is 0 Å². The first-order valence-electron chi connectivity index (χ1n) is 9.69. The van der Waals surface area contributed by atoms with Crippen LogP contribution < -0.4 is 5.32 Å².